The molecule has 0 aliphatic carbocycles. The van der Waals surface area contributed by atoms with Crippen molar-refractivity contribution in [1.82, 2.24) is 9.80 Å². The predicted molar refractivity (Wildman–Crippen MR) is 63.7 cm³/mol. The van der Waals surface area contributed by atoms with Crippen LogP contribution in [0.2, 0.25) is 0 Å². The fourth-order valence-electron chi connectivity index (χ4n) is 1.97. The molecule has 2 aliphatic rings. The van der Waals surface area contributed by atoms with Crippen LogP contribution in [-0.4, -0.2) is 71.0 Å². The van der Waals surface area contributed by atoms with Crippen molar-refractivity contribution in [2.45, 2.75) is 12.5 Å². The Balaban J connectivity index is 2.26. The summed E-state index contributed by atoms with van der Waals surface area (Å²) in [5.74, 6) is 0.687. The maximum absolute atomic E-state index is 12.2. The summed E-state index contributed by atoms with van der Waals surface area (Å²) >= 11 is 5.59. The van der Waals surface area contributed by atoms with Crippen molar-refractivity contribution < 1.29 is 14.2 Å². The van der Waals surface area contributed by atoms with Crippen molar-refractivity contribution >= 4 is 35.7 Å². The standard InChI is InChI=1S/C10H14ClN4O2/c1-13-6-12-8-7(13)9(16)15(5-3-4-11)10(17)14(8)2/h6-7H,3-5H2,1-2H3/q+1. The van der Waals surface area contributed by atoms with Crippen LogP contribution in [0.15, 0.2) is 4.99 Å². The van der Waals surface area contributed by atoms with Gasteiger partial charge in [0.1, 0.15) is 0 Å². The molecule has 2 aliphatic heterocycles. The third kappa shape index (κ3) is 1.82. The van der Waals surface area contributed by atoms with Gasteiger partial charge in [-0.1, -0.05) is 0 Å². The first-order valence-electron chi connectivity index (χ1n) is 5.36. The van der Waals surface area contributed by atoms with Gasteiger partial charge in [0.15, 0.2) is 0 Å². The van der Waals surface area contributed by atoms with E-state index in [0.717, 1.165) is 0 Å². The summed E-state index contributed by atoms with van der Waals surface area (Å²) < 4.78 is 1.70. The molecular weight excluding hydrogens is 244 g/mol. The summed E-state index contributed by atoms with van der Waals surface area (Å²) in [5.41, 5.74) is 0. The normalized spacial score (nSPS) is 23.8. The van der Waals surface area contributed by atoms with Crippen LogP contribution in [0.3, 0.4) is 0 Å². The molecule has 2 rings (SSSR count). The molecule has 0 bridgehead atoms. The number of hydrogen-bond donors (Lipinski definition) is 0. The first kappa shape index (κ1) is 12.0. The van der Waals surface area contributed by atoms with Crippen LogP contribution in [0, 0.1) is 0 Å². The first-order valence-corrected chi connectivity index (χ1v) is 5.89. The highest BCUT2D eigenvalue weighted by atomic mass is 35.5. The minimum absolute atomic E-state index is 0.229. The molecule has 7 heteroatoms. The zero-order valence-electron chi connectivity index (χ0n) is 9.76. The Morgan fingerprint density at radius 2 is 2.24 bits per heavy atom. The Morgan fingerprint density at radius 3 is 2.88 bits per heavy atom. The maximum Gasteiger partial charge on any atom is 0.333 e. The quantitative estimate of drug-likeness (QED) is 0.526. The zero-order chi connectivity index (χ0) is 12.6. The van der Waals surface area contributed by atoms with Crippen LogP contribution in [0.4, 0.5) is 4.79 Å². The summed E-state index contributed by atoms with van der Waals surface area (Å²) in [5, 5.41) is 0. The lowest BCUT2D eigenvalue weighted by Crippen LogP contribution is -2.62. The fraction of sp³-hybridized carbons (Fsp3) is 0.600. The van der Waals surface area contributed by atoms with Crippen LogP contribution in [0.5, 0.6) is 0 Å². The van der Waals surface area contributed by atoms with Gasteiger partial charge in [-0.05, 0) is 11.4 Å². The lowest BCUT2D eigenvalue weighted by molar-refractivity contribution is -0.500. The first-order chi connectivity index (χ1) is 8.07. The third-order valence-electron chi connectivity index (χ3n) is 2.90. The van der Waals surface area contributed by atoms with Crippen LogP contribution in [0.1, 0.15) is 6.42 Å². The number of carbonyl (C=O) groups excluding carboxylic acids is 2. The van der Waals surface area contributed by atoms with Crippen molar-refractivity contribution in [3.63, 3.8) is 0 Å². The number of aliphatic imine (C=N–C) groups is 1. The fourth-order valence-corrected chi connectivity index (χ4v) is 2.09. The summed E-state index contributed by atoms with van der Waals surface area (Å²) in [6.07, 6.45) is 2.16. The van der Waals surface area contributed by atoms with E-state index in [4.69, 9.17) is 11.6 Å². The number of alkyl halides is 1. The number of amidine groups is 1. The molecule has 1 atom stereocenters. The highest BCUT2D eigenvalue weighted by Crippen LogP contribution is 2.17. The van der Waals surface area contributed by atoms with E-state index in [1.54, 1.807) is 25.0 Å². The van der Waals surface area contributed by atoms with Crippen molar-refractivity contribution in [3.05, 3.63) is 0 Å². The van der Waals surface area contributed by atoms with E-state index in [9.17, 15) is 9.59 Å². The molecule has 0 saturated carbocycles. The molecule has 0 aromatic rings. The molecule has 0 N–H and O–H groups in total. The van der Waals surface area contributed by atoms with E-state index in [1.807, 2.05) is 0 Å². The minimum atomic E-state index is -0.479. The van der Waals surface area contributed by atoms with Crippen LogP contribution in [-0.2, 0) is 4.79 Å². The molecule has 92 valence electrons. The lowest BCUT2D eigenvalue weighted by Gasteiger charge is -2.32. The summed E-state index contributed by atoms with van der Waals surface area (Å²) in [6, 6.07) is -0.813. The number of imide groups is 1. The molecule has 17 heavy (non-hydrogen) atoms. The van der Waals surface area contributed by atoms with Gasteiger partial charge in [-0.2, -0.15) is 0 Å². The summed E-state index contributed by atoms with van der Waals surface area (Å²) in [4.78, 5) is 30.9. The molecular formula is C10H14ClN4O2+. The summed E-state index contributed by atoms with van der Waals surface area (Å²) in [7, 11) is 3.39. The molecule has 0 spiro atoms. The third-order valence-corrected chi connectivity index (χ3v) is 3.17. The molecule has 3 amide bonds. The van der Waals surface area contributed by atoms with Gasteiger partial charge in [-0.25, -0.2) is 9.37 Å². The molecule has 6 nitrogen and oxygen atoms in total. The van der Waals surface area contributed by atoms with Crippen LogP contribution < -0.4 is 0 Å². The van der Waals surface area contributed by atoms with Gasteiger partial charge in [0.05, 0.1) is 7.05 Å². The highest BCUT2D eigenvalue weighted by molar-refractivity contribution is 6.21. The summed E-state index contributed by atoms with van der Waals surface area (Å²) in [6.45, 7) is 0.350. The minimum Gasteiger partial charge on any atom is -0.269 e. The van der Waals surface area contributed by atoms with E-state index in [-0.39, 0.29) is 11.9 Å². The Morgan fingerprint density at radius 1 is 1.53 bits per heavy atom. The lowest BCUT2D eigenvalue weighted by atomic mass is 10.1. The van der Waals surface area contributed by atoms with Gasteiger partial charge in [-0.3, -0.25) is 14.6 Å². The Kier molecular flexibility index (Phi) is 3.15. The van der Waals surface area contributed by atoms with Crippen LogP contribution >= 0.6 is 11.6 Å². The van der Waals surface area contributed by atoms with E-state index in [0.29, 0.717) is 24.7 Å². The van der Waals surface area contributed by atoms with Crippen molar-refractivity contribution in [1.29, 1.82) is 0 Å². The SMILES string of the molecule is CN1C(=O)N(CCCCl)C(=O)C2C1=NC=[N+]2C. The number of fused-ring (bicyclic) bond motifs is 1. The second kappa shape index (κ2) is 4.44. The van der Waals surface area contributed by atoms with Crippen molar-refractivity contribution in [3.8, 4) is 0 Å². The van der Waals surface area contributed by atoms with Gasteiger partial charge >= 0.3 is 6.03 Å². The second-order valence-corrected chi connectivity index (χ2v) is 4.42. The van der Waals surface area contributed by atoms with E-state index in [2.05, 4.69) is 4.99 Å². The predicted octanol–water partition coefficient (Wildman–Crippen LogP) is -0.0394. The number of likely N-dealkylation sites (N-methyl/N-ethyl adjacent to an activating group) is 2. The molecule has 0 aromatic carbocycles. The number of rotatable bonds is 3. The number of hydrogen-bond acceptors (Lipinski definition) is 3. The van der Waals surface area contributed by atoms with Gasteiger partial charge < -0.3 is 0 Å². The topological polar surface area (TPSA) is 56.0 Å². The van der Waals surface area contributed by atoms with E-state index >= 15 is 0 Å². The molecule has 2 heterocycles. The number of halogens is 1. The van der Waals surface area contributed by atoms with Gasteiger partial charge in [0.25, 0.3) is 24.1 Å². The molecule has 1 fully saturated rings. The largest absolute Gasteiger partial charge is 0.333 e. The Labute approximate surface area is 104 Å². The molecule has 0 radical (unpaired) electrons. The van der Waals surface area contributed by atoms with Gasteiger partial charge in [0, 0.05) is 19.5 Å². The average molecular weight is 258 g/mol. The monoisotopic (exact) mass is 257 g/mol. The van der Waals surface area contributed by atoms with Gasteiger partial charge in [0.2, 0.25) is 0 Å². The molecule has 0 aromatic heterocycles. The van der Waals surface area contributed by atoms with Gasteiger partial charge in [-0.15, -0.1) is 11.6 Å². The number of urea groups is 1. The van der Waals surface area contributed by atoms with Crippen molar-refractivity contribution in [2.24, 2.45) is 4.99 Å². The Bertz CT molecular complexity index is 432. The highest BCUT2D eigenvalue weighted by Gasteiger charge is 2.50. The smallest absolute Gasteiger partial charge is 0.269 e. The van der Waals surface area contributed by atoms with Crippen LogP contribution in [0.25, 0.3) is 0 Å². The van der Waals surface area contributed by atoms with E-state index < -0.39 is 6.04 Å². The number of nitrogens with zero attached hydrogens (tertiary/aromatic N) is 4. The maximum atomic E-state index is 12.2. The molecule has 1 unspecified atom stereocenters. The second-order valence-electron chi connectivity index (χ2n) is 4.04. The van der Waals surface area contributed by atoms with Crippen molar-refractivity contribution in [2.75, 3.05) is 26.5 Å². The van der Waals surface area contributed by atoms with E-state index in [1.165, 1.54) is 9.80 Å². The molecule has 1 saturated heterocycles. The number of carbonyl (C=O) groups is 2. The average Bonchev–Trinajstić information content (AvgIpc) is 2.69. The zero-order valence-corrected chi connectivity index (χ0v) is 10.5. The number of amides is 3. The Hall–Kier alpha value is -1.43.